The summed E-state index contributed by atoms with van der Waals surface area (Å²) >= 11 is 0. The van der Waals surface area contributed by atoms with Gasteiger partial charge in [-0.05, 0) is 40.2 Å². The molecule has 0 spiro atoms. The fourth-order valence-electron chi connectivity index (χ4n) is 1.91. The molecule has 0 atom stereocenters. The Morgan fingerprint density at radius 3 is 2.42 bits per heavy atom. The molecule has 5 heteroatoms. The summed E-state index contributed by atoms with van der Waals surface area (Å²) in [5, 5.41) is 15.2. The Balaban J connectivity index is 3.72. The van der Waals surface area contributed by atoms with Crippen molar-refractivity contribution in [2.45, 2.75) is 59.5 Å². The molecule has 0 aromatic rings. The van der Waals surface area contributed by atoms with Gasteiger partial charge in [0.25, 0.3) is 0 Å². The summed E-state index contributed by atoms with van der Waals surface area (Å²) in [7, 11) is 0. The smallest absolute Gasteiger partial charge is 0.144 e. The van der Waals surface area contributed by atoms with Gasteiger partial charge in [-0.15, -0.1) is 0 Å². The van der Waals surface area contributed by atoms with Crippen molar-refractivity contribution >= 4 is 5.84 Å². The number of ether oxygens (including phenoxy) is 1. The first-order valence-corrected chi connectivity index (χ1v) is 7.08. The van der Waals surface area contributed by atoms with Crippen molar-refractivity contribution in [2.75, 3.05) is 19.7 Å². The third-order valence-electron chi connectivity index (χ3n) is 3.29. The lowest BCUT2D eigenvalue weighted by molar-refractivity contribution is -0.00869. The van der Waals surface area contributed by atoms with Gasteiger partial charge in [-0.2, -0.15) is 0 Å². The summed E-state index contributed by atoms with van der Waals surface area (Å²) in [6, 6.07) is 0. The predicted molar refractivity (Wildman–Crippen MR) is 79.6 cm³/mol. The van der Waals surface area contributed by atoms with E-state index in [0.29, 0.717) is 5.84 Å². The fourth-order valence-corrected chi connectivity index (χ4v) is 1.91. The molecule has 4 N–H and O–H groups in total. The highest BCUT2D eigenvalue weighted by Crippen LogP contribution is 2.23. The van der Waals surface area contributed by atoms with Gasteiger partial charge in [-0.25, -0.2) is 0 Å². The van der Waals surface area contributed by atoms with Crippen molar-refractivity contribution in [3.63, 3.8) is 0 Å². The lowest BCUT2D eigenvalue weighted by Gasteiger charge is -2.25. The second kappa shape index (κ2) is 8.38. The molecule has 0 unspecified atom stereocenters. The Morgan fingerprint density at radius 1 is 1.26 bits per heavy atom. The van der Waals surface area contributed by atoms with Gasteiger partial charge < -0.3 is 21.0 Å². The van der Waals surface area contributed by atoms with Crippen LogP contribution in [0.4, 0.5) is 0 Å². The van der Waals surface area contributed by atoms with E-state index in [1.807, 2.05) is 20.8 Å². The number of nitrogens with two attached hydrogens (primary N) is 1. The number of nitrogens with zero attached hydrogens (tertiary/aromatic N) is 1. The van der Waals surface area contributed by atoms with E-state index in [0.717, 1.165) is 39.0 Å². The summed E-state index contributed by atoms with van der Waals surface area (Å²) in [5.41, 5.74) is 5.30. The minimum absolute atomic E-state index is 0.109. The third-order valence-corrected chi connectivity index (χ3v) is 3.29. The van der Waals surface area contributed by atoms with E-state index in [1.165, 1.54) is 0 Å². The largest absolute Gasteiger partial charge is 0.409 e. The molecule has 0 bridgehead atoms. The van der Waals surface area contributed by atoms with Crippen molar-refractivity contribution in [2.24, 2.45) is 16.3 Å². The molecule has 0 radical (unpaired) electrons. The molecule has 0 saturated heterocycles. The number of rotatable bonds is 10. The molecule has 114 valence electrons. The van der Waals surface area contributed by atoms with Gasteiger partial charge in [-0.3, -0.25) is 0 Å². The Hall–Kier alpha value is -0.810. The highest BCUT2D eigenvalue weighted by Gasteiger charge is 2.22. The maximum atomic E-state index is 8.69. The molecule has 0 aliphatic heterocycles. The molecule has 19 heavy (non-hydrogen) atoms. The SMILES string of the molecule is CCOC(C)(C)CNCCCCC(C)(C)C(N)=NO. The maximum absolute atomic E-state index is 8.69. The molecule has 5 nitrogen and oxygen atoms in total. The lowest BCUT2D eigenvalue weighted by Crippen LogP contribution is -2.38. The third kappa shape index (κ3) is 8.06. The van der Waals surface area contributed by atoms with Gasteiger partial charge >= 0.3 is 0 Å². The van der Waals surface area contributed by atoms with Crippen molar-refractivity contribution in [3.8, 4) is 0 Å². The molecule has 0 aromatic carbocycles. The highest BCUT2D eigenvalue weighted by molar-refractivity contribution is 5.85. The Bertz CT molecular complexity index is 276. The second-order valence-corrected chi connectivity index (χ2v) is 6.20. The van der Waals surface area contributed by atoms with E-state index in [1.54, 1.807) is 0 Å². The zero-order valence-corrected chi connectivity index (χ0v) is 13.1. The molecule has 0 aromatic heterocycles. The Labute approximate surface area is 117 Å². The summed E-state index contributed by atoms with van der Waals surface area (Å²) in [6.45, 7) is 12.7. The molecule has 0 aliphatic carbocycles. The summed E-state index contributed by atoms with van der Waals surface area (Å²) < 4.78 is 5.61. The van der Waals surface area contributed by atoms with Crippen LogP contribution < -0.4 is 11.1 Å². The van der Waals surface area contributed by atoms with Crippen LogP contribution in [0.3, 0.4) is 0 Å². The van der Waals surface area contributed by atoms with Crippen LogP contribution in [0, 0.1) is 5.41 Å². The molecule has 0 aliphatic rings. The van der Waals surface area contributed by atoms with Crippen LogP contribution in [-0.4, -0.2) is 36.3 Å². The first kappa shape index (κ1) is 18.2. The van der Waals surface area contributed by atoms with Gasteiger partial charge in [0.05, 0.1) is 5.60 Å². The normalized spacial score (nSPS) is 13.8. The van der Waals surface area contributed by atoms with Crippen molar-refractivity contribution in [1.29, 1.82) is 0 Å². The molecule has 0 fully saturated rings. The first-order chi connectivity index (χ1) is 8.75. The predicted octanol–water partition coefficient (Wildman–Crippen LogP) is 2.33. The molecule has 0 rings (SSSR count). The number of hydrogen-bond donors (Lipinski definition) is 3. The molecule has 0 amide bonds. The highest BCUT2D eigenvalue weighted by atomic mass is 16.5. The van der Waals surface area contributed by atoms with E-state index >= 15 is 0 Å². The van der Waals surface area contributed by atoms with Crippen molar-refractivity contribution in [1.82, 2.24) is 5.32 Å². The quantitative estimate of drug-likeness (QED) is 0.188. The summed E-state index contributed by atoms with van der Waals surface area (Å²) in [4.78, 5) is 0. The zero-order valence-electron chi connectivity index (χ0n) is 13.1. The molecular formula is C14H31N3O2. The van der Waals surface area contributed by atoms with Gasteiger partial charge in [0, 0.05) is 18.6 Å². The zero-order chi connectivity index (χ0) is 14.9. The average molecular weight is 273 g/mol. The van der Waals surface area contributed by atoms with Crippen LogP contribution in [0.25, 0.3) is 0 Å². The van der Waals surface area contributed by atoms with Gasteiger partial charge in [0.1, 0.15) is 5.84 Å². The maximum Gasteiger partial charge on any atom is 0.144 e. The summed E-state index contributed by atoms with van der Waals surface area (Å²) in [5.74, 6) is 0.304. The minimum Gasteiger partial charge on any atom is -0.409 e. The van der Waals surface area contributed by atoms with E-state index in [9.17, 15) is 0 Å². The number of amidine groups is 1. The topological polar surface area (TPSA) is 79.9 Å². The molecular weight excluding hydrogens is 242 g/mol. The minimum atomic E-state index is -0.237. The fraction of sp³-hybridized carbons (Fsp3) is 0.929. The van der Waals surface area contributed by atoms with Crippen LogP contribution in [0.5, 0.6) is 0 Å². The monoisotopic (exact) mass is 273 g/mol. The van der Waals surface area contributed by atoms with E-state index in [-0.39, 0.29) is 11.0 Å². The number of oxime groups is 1. The van der Waals surface area contributed by atoms with Gasteiger partial charge in [0.2, 0.25) is 0 Å². The van der Waals surface area contributed by atoms with Crippen LogP contribution in [0.2, 0.25) is 0 Å². The first-order valence-electron chi connectivity index (χ1n) is 7.08. The second-order valence-electron chi connectivity index (χ2n) is 6.20. The van der Waals surface area contributed by atoms with Crippen LogP contribution in [-0.2, 0) is 4.74 Å². The Kier molecular flexibility index (Phi) is 8.02. The molecule has 0 saturated carbocycles. The molecule has 0 heterocycles. The van der Waals surface area contributed by atoms with E-state index in [4.69, 9.17) is 15.7 Å². The van der Waals surface area contributed by atoms with Gasteiger partial charge in [0.15, 0.2) is 0 Å². The summed E-state index contributed by atoms with van der Waals surface area (Å²) in [6.07, 6.45) is 3.04. The van der Waals surface area contributed by atoms with E-state index < -0.39 is 0 Å². The van der Waals surface area contributed by atoms with Crippen LogP contribution >= 0.6 is 0 Å². The lowest BCUT2D eigenvalue weighted by atomic mass is 9.86. The Morgan fingerprint density at radius 2 is 1.89 bits per heavy atom. The van der Waals surface area contributed by atoms with Crippen LogP contribution in [0.15, 0.2) is 5.16 Å². The van der Waals surface area contributed by atoms with Crippen molar-refractivity contribution < 1.29 is 9.94 Å². The number of unbranched alkanes of at least 4 members (excludes halogenated alkanes) is 1. The number of hydrogen-bond acceptors (Lipinski definition) is 4. The standard InChI is InChI=1S/C14H31N3O2/c1-6-19-14(4,5)11-16-10-8-7-9-13(2,3)12(15)17-18/h16,18H,6-11H2,1-5H3,(H2,15,17). The van der Waals surface area contributed by atoms with Crippen molar-refractivity contribution in [3.05, 3.63) is 0 Å². The number of nitrogens with one attached hydrogen (secondary N) is 1. The van der Waals surface area contributed by atoms with Crippen LogP contribution in [0.1, 0.15) is 53.9 Å². The van der Waals surface area contributed by atoms with Gasteiger partial charge in [-0.1, -0.05) is 25.4 Å². The van der Waals surface area contributed by atoms with E-state index in [2.05, 4.69) is 24.3 Å². The average Bonchev–Trinajstić information content (AvgIpc) is 2.32.